The maximum atomic E-state index is 11.5. The van der Waals surface area contributed by atoms with Gasteiger partial charge in [0, 0.05) is 28.8 Å². The number of anilines is 1. The SMILES string of the molecule is CC1=C(C#Cc2ccc(N)cc2)CCCC1=O. The first kappa shape index (κ1) is 11.5. The lowest BCUT2D eigenvalue weighted by Crippen LogP contribution is -2.08. The van der Waals surface area contributed by atoms with E-state index in [1.54, 1.807) is 0 Å². The number of hydrogen-bond donors (Lipinski definition) is 1. The highest BCUT2D eigenvalue weighted by Gasteiger charge is 2.14. The van der Waals surface area contributed by atoms with Gasteiger partial charge in [-0.1, -0.05) is 11.8 Å². The van der Waals surface area contributed by atoms with Crippen molar-refractivity contribution in [3.05, 3.63) is 41.0 Å². The zero-order valence-electron chi connectivity index (χ0n) is 9.92. The number of carbonyl (C=O) groups excluding carboxylic acids is 1. The van der Waals surface area contributed by atoms with Crippen molar-refractivity contribution in [2.75, 3.05) is 5.73 Å². The molecule has 0 fully saturated rings. The molecule has 1 aromatic carbocycles. The summed E-state index contributed by atoms with van der Waals surface area (Å²) in [5, 5.41) is 0. The number of benzene rings is 1. The van der Waals surface area contributed by atoms with Crippen LogP contribution < -0.4 is 5.73 Å². The number of carbonyl (C=O) groups is 1. The average Bonchev–Trinajstić information content (AvgIpc) is 2.33. The number of rotatable bonds is 0. The van der Waals surface area contributed by atoms with E-state index in [1.165, 1.54) is 0 Å². The molecule has 2 nitrogen and oxygen atoms in total. The van der Waals surface area contributed by atoms with E-state index in [4.69, 9.17) is 5.73 Å². The van der Waals surface area contributed by atoms with E-state index in [0.717, 1.165) is 35.2 Å². The predicted molar refractivity (Wildman–Crippen MR) is 69.3 cm³/mol. The molecule has 0 amide bonds. The fourth-order valence-corrected chi connectivity index (χ4v) is 1.84. The van der Waals surface area contributed by atoms with Crippen molar-refractivity contribution in [1.82, 2.24) is 0 Å². The van der Waals surface area contributed by atoms with E-state index in [2.05, 4.69) is 11.8 Å². The summed E-state index contributed by atoms with van der Waals surface area (Å²) >= 11 is 0. The van der Waals surface area contributed by atoms with Crippen LogP contribution in [0.1, 0.15) is 31.7 Å². The van der Waals surface area contributed by atoms with Crippen LogP contribution in [-0.4, -0.2) is 5.78 Å². The van der Waals surface area contributed by atoms with Gasteiger partial charge in [0.25, 0.3) is 0 Å². The highest BCUT2D eigenvalue weighted by Crippen LogP contribution is 2.20. The molecule has 0 radical (unpaired) electrons. The molecular formula is C15H15NO. The van der Waals surface area contributed by atoms with Crippen molar-refractivity contribution in [2.24, 2.45) is 0 Å². The van der Waals surface area contributed by atoms with Crippen LogP contribution in [0.4, 0.5) is 5.69 Å². The standard InChI is InChI=1S/C15H15NO/c1-11-13(3-2-4-15(11)17)8-5-12-6-9-14(16)10-7-12/h6-7,9-10H,2-4,16H2,1H3. The molecule has 0 spiro atoms. The van der Waals surface area contributed by atoms with E-state index in [-0.39, 0.29) is 5.78 Å². The summed E-state index contributed by atoms with van der Waals surface area (Å²) in [5.41, 5.74) is 9.08. The summed E-state index contributed by atoms with van der Waals surface area (Å²) in [5.74, 6) is 6.42. The second-order valence-corrected chi connectivity index (χ2v) is 4.25. The zero-order valence-corrected chi connectivity index (χ0v) is 9.92. The van der Waals surface area contributed by atoms with E-state index in [9.17, 15) is 4.79 Å². The average molecular weight is 225 g/mol. The molecule has 2 rings (SSSR count). The van der Waals surface area contributed by atoms with Gasteiger partial charge in [-0.25, -0.2) is 0 Å². The first-order chi connectivity index (χ1) is 8.16. The molecule has 0 saturated carbocycles. The molecular weight excluding hydrogens is 210 g/mol. The van der Waals surface area contributed by atoms with Crippen LogP contribution in [-0.2, 0) is 4.79 Å². The summed E-state index contributed by atoms with van der Waals surface area (Å²) < 4.78 is 0. The molecule has 0 saturated heterocycles. The van der Waals surface area contributed by atoms with Crippen LogP contribution in [0.15, 0.2) is 35.4 Å². The topological polar surface area (TPSA) is 43.1 Å². The molecule has 2 heteroatoms. The Morgan fingerprint density at radius 3 is 2.53 bits per heavy atom. The third-order valence-electron chi connectivity index (χ3n) is 2.97. The normalized spacial score (nSPS) is 15.5. The van der Waals surface area contributed by atoms with Crippen LogP contribution in [0.3, 0.4) is 0 Å². The van der Waals surface area contributed by atoms with Gasteiger partial charge in [-0.05, 0) is 44.0 Å². The van der Waals surface area contributed by atoms with Gasteiger partial charge in [-0.15, -0.1) is 0 Å². The van der Waals surface area contributed by atoms with E-state index in [1.807, 2.05) is 31.2 Å². The Morgan fingerprint density at radius 1 is 1.12 bits per heavy atom. The van der Waals surface area contributed by atoms with Crippen molar-refractivity contribution in [3.63, 3.8) is 0 Å². The number of allylic oxidation sites excluding steroid dienone is 2. The number of nitrogen functional groups attached to an aromatic ring is 1. The molecule has 1 aromatic rings. The maximum Gasteiger partial charge on any atom is 0.159 e. The molecule has 0 aliphatic heterocycles. The molecule has 0 bridgehead atoms. The monoisotopic (exact) mass is 225 g/mol. The Morgan fingerprint density at radius 2 is 1.82 bits per heavy atom. The lowest BCUT2D eigenvalue weighted by Gasteiger charge is -2.11. The number of Topliss-reactive ketones (excluding diaryl/α,β-unsaturated/α-hetero) is 1. The van der Waals surface area contributed by atoms with Gasteiger partial charge in [-0.3, -0.25) is 4.79 Å². The van der Waals surface area contributed by atoms with Gasteiger partial charge in [0.15, 0.2) is 5.78 Å². The minimum atomic E-state index is 0.234. The minimum absolute atomic E-state index is 0.234. The van der Waals surface area contributed by atoms with Crippen LogP contribution in [0.25, 0.3) is 0 Å². The van der Waals surface area contributed by atoms with Gasteiger partial charge in [0.05, 0.1) is 0 Å². The first-order valence-corrected chi connectivity index (χ1v) is 5.77. The Hall–Kier alpha value is -2.01. The van der Waals surface area contributed by atoms with Crippen molar-refractivity contribution >= 4 is 11.5 Å². The van der Waals surface area contributed by atoms with Gasteiger partial charge >= 0.3 is 0 Å². The number of hydrogen-bond acceptors (Lipinski definition) is 2. The number of ketones is 1. The molecule has 0 unspecified atom stereocenters. The van der Waals surface area contributed by atoms with E-state index < -0.39 is 0 Å². The van der Waals surface area contributed by atoms with E-state index >= 15 is 0 Å². The molecule has 2 N–H and O–H groups in total. The van der Waals surface area contributed by atoms with Gasteiger partial charge in [0.2, 0.25) is 0 Å². The molecule has 1 aliphatic rings. The molecule has 0 atom stereocenters. The minimum Gasteiger partial charge on any atom is -0.399 e. The van der Waals surface area contributed by atoms with Crippen LogP contribution in [0.5, 0.6) is 0 Å². The zero-order chi connectivity index (χ0) is 12.3. The van der Waals surface area contributed by atoms with Gasteiger partial charge < -0.3 is 5.73 Å². The van der Waals surface area contributed by atoms with Crippen molar-refractivity contribution in [3.8, 4) is 11.8 Å². The smallest absolute Gasteiger partial charge is 0.159 e. The second-order valence-electron chi connectivity index (χ2n) is 4.25. The quantitative estimate of drug-likeness (QED) is 0.545. The second kappa shape index (κ2) is 4.88. The lowest BCUT2D eigenvalue weighted by atomic mass is 9.92. The Balaban J connectivity index is 2.24. The third-order valence-corrected chi connectivity index (χ3v) is 2.97. The highest BCUT2D eigenvalue weighted by atomic mass is 16.1. The van der Waals surface area contributed by atoms with Crippen LogP contribution in [0.2, 0.25) is 0 Å². The summed E-state index contributed by atoms with van der Waals surface area (Å²) in [7, 11) is 0. The molecule has 17 heavy (non-hydrogen) atoms. The van der Waals surface area contributed by atoms with E-state index in [0.29, 0.717) is 6.42 Å². The van der Waals surface area contributed by atoms with Gasteiger partial charge in [-0.2, -0.15) is 0 Å². The number of nitrogens with two attached hydrogens (primary N) is 1. The van der Waals surface area contributed by atoms with Crippen molar-refractivity contribution < 1.29 is 4.79 Å². The van der Waals surface area contributed by atoms with Crippen LogP contribution >= 0.6 is 0 Å². The Kier molecular flexibility index (Phi) is 3.30. The Bertz CT molecular complexity index is 526. The first-order valence-electron chi connectivity index (χ1n) is 5.77. The lowest BCUT2D eigenvalue weighted by molar-refractivity contribution is -0.116. The fourth-order valence-electron chi connectivity index (χ4n) is 1.84. The molecule has 0 heterocycles. The maximum absolute atomic E-state index is 11.5. The van der Waals surface area contributed by atoms with Gasteiger partial charge in [0.1, 0.15) is 0 Å². The largest absolute Gasteiger partial charge is 0.399 e. The predicted octanol–water partition coefficient (Wildman–Crippen LogP) is 2.69. The fraction of sp³-hybridized carbons (Fsp3) is 0.267. The summed E-state index contributed by atoms with van der Waals surface area (Å²) in [6, 6.07) is 7.44. The molecule has 86 valence electrons. The molecule has 1 aliphatic carbocycles. The highest BCUT2D eigenvalue weighted by molar-refractivity contribution is 5.97. The van der Waals surface area contributed by atoms with Crippen molar-refractivity contribution in [1.29, 1.82) is 0 Å². The Labute approximate surface area is 102 Å². The summed E-state index contributed by atoms with van der Waals surface area (Å²) in [6.45, 7) is 1.87. The van der Waals surface area contributed by atoms with Crippen molar-refractivity contribution in [2.45, 2.75) is 26.2 Å². The van der Waals surface area contributed by atoms with Crippen LogP contribution in [0, 0.1) is 11.8 Å². The third kappa shape index (κ3) is 2.76. The summed E-state index contributed by atoms with van der Waals surface area (Å²) in [4.78, 5) is 11.5. The molecule has 0 aromatic heterocycles. The summed E-state index contributed by atoms with van der Waals surface area (Å²) in [6.07, 6.45) is 2.50.